The first-order chi connectivity index (χ1) is 12.6. The number of rotatable bonds is 8. The van der Waals surface area contributed by atoms with Gasteiger partial charge < -0.3 is 30.6 Å². The standard InChI is InChI=1S/C16H20N6O3S/c1-24-11-4-3-9(5-12(11)25-2)20-10(6-23)7-26-15-13-14(19-8-18-13)21-16(17)22-15/h3-5,8,10,20,23H,6-7H2,1-2H3,(H3,17,18,19,21,22)/t10-/m1/s1. The van der Waals surface area contributed by atoms with Crippen molar-refractivity contribution in [3.63, 3.8) is 0 Å². The summed E-state index contributed by atoms with van der Waals surface area (Å²) in [4.78, 5) is 15.4. The summed E-state index contributed by atoms with van der Waals surface area (Å²) in [6, 6.07) is 5.29. The van der Waals surface area contributed by atoms with E-state index in [2.05, 4.69) is 25.3 Å². The first kappa shape index (κ1) is 18.1. The van der Waals surface area contributed by atoms with Crippen molar-refractivity contribution in [1.29, 1.82) is 0 Å². The quantitative estimate of drug-likeness (QED) is 0.341. The predicted octanol–water partition coefficient (Wildman–Crippen LogP) is 1.52. The highest BCUT2D eigenvalue weighted by atomic mass is 32.2. The summed E-state index contributed by atoms with van der Waals surface area (Å²) in [5.41, 5.74) is 7.79. The largest absolute Gasteiger partial charge is 0.493 e. The van der Waals surface area contributed by atoms with Crippen LogP contribution in [0.1, 0.15) is 0 Å². The van der Waals surface area contributed by atoms with Crippen LogP contribution in [0.2, 0.25) is 0 Å². The first-order valence-electron chi connectivity index (χ1n) is 7.83. The molecule has 1 atom stereocenters. The summed E-state index contributed by atoms with van der Waals surface area (Å²) < 4.78 is 10.5. The lowest BCUT2D eigenvalue weighted by atomic mass is 10.2. The van der Waals surface area contributed by atoms with Crippen LogP contribution in [0.3, 0.4) is 0 Å². The highest BCUT2D eigenvalue weighted by Crippen LogP contribution is 2.30. The Labute approximate surface area is 154 Å². The Morgan fingerprint density at radius 1 is 1.27 bits per heavy atom. The molecule has 3 aromatic rings. The number of anilines is 2. The minimum atomic E-state index is -0.202. The zero-order valence-electron chi connectivity index (χ0n) is 14.4. The number of imidazole rings is 1. The van der Waals surface area contributed by atoms with Gasteiger partial charge in [0.25, 0.3) is 0 Å². The highest BCUT2D eigenvalue weighted by molar-refractivity contribution is 7.99. The number of nitrogens with two attached hydrogens (primary N) is 1. The Morgan fingerprint density at radius 2 is 2.08 bits per heavy atom. The van der Waals surface area contributed by atoms with Gasteiger partial charge in [0, 0.05) is 17.5 Å². The van der Waals surface area contributed by atoms with Crippen molar-refractivity contribution in [2.45, 2.75) is 11.1 Å². The number of fused-ring (bicyclic) bond motifs is 1. The van der Waals surface area contributed by atoms with Crippen LogP contribution in [0.15, 0.2) is 29.6 Å². The second-order valence-electron chi connectivity index (χ2n) is 5.39. The van der Waals surface area contributed by atoms with Gasteiger partial charge in [-0.3, -0.25) is 0 Å². The monoisotopic (exact) mass is 376 g/mol. The minimum absolute atomic E-state index is 0.0476. The van der Waals surface area contributed by atoms with Crippen LogP contribution < -0.4 is 20.5 Å². The Kier molecular flexibility index (Phi) is 5.64. The zero-order valence-corrected chi connectivity index (χ0v) is 15.2. The lowest BCUT2D eigenvalue weighted by Crippen LogP contribution is -2.26. The molecule has 2 aromatic heterocycles. The SMILES string of the molecule is COc1ccc(N[C@H](CO)CSc2nc(N)nc3nc[nH]c23)cc1OC. The average Bonchev–Trinajstić information content (AvgIpc) is 3.12. The molecule has 1 aromatic carbocycles. The van der Waals surface area contributed by atoms with E-state index in [4.69, 9.17) is 15.2 Å². The smallest absolute Gasteiger partial charge is 0.223 e. The summed E-state index contributed by atoms with van der Waals surface area (Å²) in [7, 11) is 3.16. The number of nitrogens with zero attached hydrogens (tertiary/aromatic N) is 3. The number of aromatic amines is 1. The predicted molar refractivity (Wildman–Crippen MR) is 101 cm³/mol. The minimum Gasteiger partial charge on any atom is -0.493 e. The number of hydrogen-bond acceptors (Lipinski definition) is 9. The van der Waals surface area contributed by atoms with Gasteiger partial charge in [0.05, 0.1) is 33.2 Å². The Balaban J connectivity index is 1.71. The number of aliphatic hydroxyl groups excluding tert-OH is 1. The lowest BCUT2D eigenvalue weighted by molar-refractivity contribution is 0.283. The van der Waals surface area contributed by atoms with Crippen LogP contribution in [0.4, 0.5) is 11.6 Å². The van der Waals surface area contributed by atoms with E-state index in [-0.39, 0.29) is 18.6 Å². The Morgan fingerprint density at radius 3 is 2.81 bits per heavy atom. The molecule has 0 radical (unpaired) electrons. The van der Waals surface area contributed by atoms with E-state index in [9.17, 15) is 5.11 Å². The maximum Gasteiger partial charge on any atom is 0.223 e. The second-order valence-corrected chi connectivity index (χ2v) is 6.40. The Bertz CT molecular complexity index is 888. The molecule has 0 saturated heterocycles. The van der Waals surface area contributed by atoms with E-state index in [0.29, 0.717) is 27.9 Å². The Hall–Kier alpha value is -2.72. The van der Waals surface area contributed by atoms with Crippen molar-refractivity contribution in [1.82, 2.24) is 19.9 Å². The molecule has 3 rings (SSSR count). The molecule has 0 saturated carbocycles. The van der Waals surface area contributed by atoms with Crippen molar-refractivity contribution < 1.29 is 14.6 Å². The van der Waals surface area contributed by atoms with E-state index in [1.165, 1.54) is 11.8 Å². The fourth-order valence-electron chi connectivity index (χ4n) is 2.41. The van der Waals surface area contributed by atoms with E-state index < -0.39 is 0 Å². The first-order valence-corrected chi connectivity index (χ1v) is 8.82. The van der Waals surface area contributed by atoms with Crippen LogP contribution in [0, 0.1) is 0 Å². The number of benzene rings is 1. The van der Waals surface area contributed by atoms with Crippen molar-refractivity contribution in [2.24, 2.45) is 0 Å². The molecular weight excluding hydrogens is 356 g/mol. The van der Waals surface area contributed by atoms with Crippen LogP contribution in [0.5, 0.6) is 11.5 Å². The van der Waals surface area contributed by atoms with Crippen molar-refractivity contribution in [2.75, 3.05) is 37.6 Å². The van der Waals surface area contributed by atoms with Crippen LogP contribution in [-0.2, 0) is 0 Å². The normalized spacial score (nSPS) is 12.1. The topological polar surface area (TPSA) is 131 Å². The molecule has 9 nitrogen and oxygen atoms in total. The van der Waals surface area contributed by atoms with Crippen LogP contribution in [-0.4, -0.2) is 57.7 Å². The van der Waals surface area contributed by atoms with Gasteiger partial charge in [-0.1, -0.05) is 0 Å². The van der Waals surface area contributed by atoms with Gasteiger partial charge in [-0.15, -0.1) is 11.8 Å². The molecule has 5 N–H and O–H groups in total. The third kappa shape index (κ3) is 3.92. The number of thioether (sulfide) groups is 1. The zero-order chi connectivity index (χ0) is 18.5. The summed E-state index contributed by atoms with van der Waals surface area (Å²) in [6.45, 7) is -0.0476. The van der Waals surface area contributed by atoms with Crippen LogP contribution in [0.25, 0.3) is 11.2 Å². The van der Waals surface area contributed by atoms with Gasteiger partial charge in [-0.2, -0.15) is 4.98 Å². The van der Waals surface area contributed by atoms with Gasteiger partial charge in [-0.05, 0) is 12.1 Å². The second kappa shape index (κ2) is 8.11. The molecule has 138 valence electrons. The fourth-order valence-corrected chi connectivity index (χ4v) is 3.41. The maximum atomic E-state index is 9.71. The van der Waals surface area contributed by atoms with Gasteiger partial charge in [0.1, 0.15) is 10.5 Å². The molecule has 0 bridgehead atoms. The number of methoxy groups -OCH3 is 2. The van der Waals surface area contributed by atoms with Crippen molar-refractivity contribution in [3.8, 4) is 11.5 Å². The number of aromatic nitrogens is 4. The van der Waals surface area contributed by atoms with Crippen molar-refractivity contribution >= 4 is 34.6 Å². The summed E-state index contributed by atoms with van der Waals surface area (Å²) in [5.74, 6) is 1.99. The number of aliphatic hydroxyl groups is 1. The van der Waals surface area contributed by atoms with E-state index in [0.717, 1.165) is 11.2 Å². The third-order valence-electron chi connectivity index (χ3n) is 3.67. The van der Waals surface area contributed by atoms with E-state index >= 15 is 0 Å². The molecule has 0 aliphatic heterocycles. The molecule has 0 amide bonds. The number of H-pyrrole nitrogens is 1. The molecule has 26 heavy (non-hydrogen) atoms. The molecule has 0 unspecified atom stereocenters. The lowest BCUT2D eigenvalue weighted by Gasteiger charge is -2.18. The number of hydrogen-bond donors (Lipinski definition) is 4. The molecule has 2 heterocycles. The van der Waals surface area contributed by atoms with Crippen molar-refractivity contribution in [3.05, 3.63) is 24.5 Å². The third-order valence-corrected chi connectivity index (χ3v) is 4.80. The van der Waals surface area contributed by atoms with E-state index in [1.807, 2.05) is 18.2 Å². The van der Waals surface area contributed by atoms with E-state index in [1.54, 1.807) is 20.5 Å². The highest BCUT2D eigenvalue weighted by Gasteiger charge is 2.14. The average molecular weight is 376 g/mol. The van der Waals surface area contributed by atoms with Gasteiger partial charge in [-0.25, -0.2) is 9.97 Å². The molecule has 0 aliphatic carbocycles. The summed E-state index contributed by atoms with van der Waals surface area (Å²) in [5, 5.41) is 13.7. The maximum absolute atomic E-state index is 9.71. The molecule has 0 spiro atoms. The molecular formula is C16H20N6O3S. The molecule has 0 aliphatic rings. The van der Waals surface area contributed by atoms with Gasteiger partial charge in [0.2, 0.25) is 5.95 Å². The fraction of sp³-hybridized carbons (Fsp3) is 0.312. The number of ether oxygens (including phenoxy) is 2. The van der Waals surface area contributed by atoms with Crippen LogP contribution >= 0.6 is 11.8 Å². The molecule has 10 heteroatoms. The number of nitrogens with one attached hydrogen (secondary N) is 2. The number of nitrogen functional groups attached to an aromatic ring is 1. The summed E-state index contributed by atoms with van der Waals surface area (Å²) in [6.07, 6.45) is 1.55. The van der Waals surface area contributed by atoms with Gasteiger partial charge >= 0.3 is 0 Å². The molecule has 0 fully saturated rings. The summed E-state index contributed by atoms with van der Waals surface area (Å²) >= 11 is 1.46. The van der Waals surface area contributed by atoms with Gasteiger partial charge in [0.15, 0.2) is 17.1 Å².